The van der Waals surface area contributed by atoms with Crippen molar-refractivity contribution in [2.75, 3.05) is 40.3 Å². The van der Waals surface area contributed by atoms with Gasteiger partial charge in [0.25, 0.3) is 0 Å². The number of nitrogens with two attached hydrogens (primary N) is 1. The fourth-order valence-corrected chi connectivity index (χ4v) is 2.89. The molecule has 2 rings (SSSR count). The molecular weight excluding hydrogens is 250 g/mol. The number of likely N-dealkylation sites (tertiary alicyclic amines) is 1. The molecule has 0 bridgehead atoms. The van der Waals surface area contributed by atoms with E-state index in [4.69, 9.17) is 5.73 Å². The first kappa shape index (κ1) is 15.4. The lowest BCUT2D eigenvalue weighted by molar-refractivity contribution is 0.0274. The summed E-state index contributed by atoms with van der Waals surface area (Å²) >= 11 is 0. The van der Waals surface area contributed by atoms with Crippen LogP contribution in [0.5, 0.6) is 0 Å². The summed E-state index contributed by atoms with van der Waals surface area (Å²) < 4.78 is 0. The van der Waals surface area contributed by atoms with Gasteiger partial charge in [-0.15, -0.1) is 0 Å². The van der Waals surface area contributed by atoms with Crippen LogP contribution in [0.2, 0.25) is 0 Å². The second kappa shape index (κ2) is 6.68. The number of nitrogens with zero attached hydrogens (tertiary/aromatic N) is 2. The van der Waals surface area contributed by atoms with Crippen molar-refractivity contribution in [3.63, 3.8) is 0 Å². The second-order valence-electron chi connectivity index (χ2n) is 6.06. The van der Waals surface area contributed by atoms with Gasteiger partial charge in [0.2, 0.25) is 0 Å². The third kappa shape index (κ3) is 3.58. The molecule has 3 N–H and O–H groups in total. The molecule has 0 radical (unpaired) electrons. The van der Waals surface area contributed by atoms with Gasteiger partial charge in [-0.05, 0) is 39.0 Å². The Morgan fingerprint density at radius 1 is 1.35 bits per heavy atom. The zero-order chi connectivity index (χ0) is 14.6. The Morgan fingerprint density at radius 3 is 2.60 bits per heavy atom. The molecule has 1 aliphatic rings. The van der Waals surface area contributed by atoms with Crippen LogP contribution in [0.4, 0.5) is 0 Å². The lowest BCUT2D eigenvalue weighted by Gasteiger charge is -2.29. The van der Waals surface area contributed by atoms with Crippen LogP contribution in [0.25, 0.3) is 0 Å². The number of hydrogen-bond acceptors (Lipinski definition) is 4. The highest BCUT2D eigenvalue weighted by molar-refractivity contribution is 5.22. The molecule has 4 heteroatoms. The highest BCUT2D eigenvalue weighted by Crippen LogP contribution is 2.25. The van der Waals surface area contributed by atoms with E-state index in [1.165, 1.54) is 6.42 Å². The van der Waals surface area contributed by atoms with Gasteiger partial charge in [-0.3, -0.25) is 0 Å². The van der Waals surface area contributed by atoms with Crippen LogP contribution in [-0.4, -0.2) is 61.2 Å². The smallest absolute Gasteiger partial charge is 0.103 e. The molecule has 20 heavy (non-hydrogen) atoms. The van der Waals surface area contributed by atoms with Crippen molar-refractivity contribution in [1.29, 1.82) is 0 Å². The maximum Gasteiger partial charge on any atom is 0.103 e. The van der Waals surface area contributed by atoms with Crippen molar-refractivity contribution in [2.45, 2.75) is 24.5 Å². The number of benzene rings is 1. The Hall–Kier alpha value is -0.940. The van der Waals surface area contributed by atoms with E-state index in [9.17, 15) is 5.11 Å². The van der Waals surface area contributed by atoms with Gasteiger partial charge in [0.1, 0.15) is 5.60 Å². The molecule has 0 spiro atoms. The maximum atomic E-state index is 10.8. The predicted molar refractivity (Wildman–Crippen MR) is 82.5 cm³/mol. The van der Waals surface area contributed by atoms with E-state index in [0.29, 0.717) is 12.5 Å². The molecule has 1 aromatic rings. The molecule has 0 saturated carbocycles. The largest absolute Gasteiger partial charge is 0.384 e. The standard InChI is InChI=1S/C16H27N3O/c1-18(2)15-8-10-19(12-15)11-9-16(20,13-17)14-6-4-3-5-7-14/h3-7,15,20H,8-13,17H2,1-2H3. The summed E-state index contributed by atoms with van der Waals surface area (Å²) in [7, 11) is 4.27. The van der Waals surface area contributed by atoms with Crippen molar-refractivity contribution in [3.05, 3.63) is 35.9 Å². The van der Waals surface area contributed by atoms with Crippen molar-refractivity contribution >= 4 is 0 Å². The molecule has 1 aliphatic heterocycles. The van der Waals surface area contributed by atoms with Gasteiger partial charge in [-0.2, -0.15) is 0 Å². The van der Waals surface area contributed by atoms with Crippen LogP contribution in [-0.2, 0) is 5.60 Å². The molecule has 1 fully saturated rings. The van der Waals surface area contributed by atoms with Gasteiger partial charge in [-0.1, -0.05) is 30.3 Å². The molecule has 112 valence electrons. The van der Waals surface area contributed by atoms with Crippen molar-refractivity contribution < 1.29 is 5.11 Å². The van der Waals surface area contributed by atoms with E-state index in [2.05, 4.69) is 23.9 Å². The minimum atomic E-state index is -0.905. The van der Waals surface area contributed by atoms with Crippen LogP contribution in [0, 0.1) is 0 Å². The average molecular weight is 277 g/mol. The molecule has 0 aromatic heterocycles. The lowest BCUT2D eigenvalue weighted by Crippen LogP contribution is -2.39. The van der Waals surface area contributed by atoms with E-state index in [1.54, 1.807) is 0 Å². The first-order chi connectivity index (χ1) is 9.55. The highest BCUT2D eigenvalue weighted by Gasteiger charge is 2.30. The van der Waals surface area contributed by atoms with Gasteiger partial charge in [0, 0.05) is 25.7 Å². The minimum absolute atomic E-state index is 0.266. The minimum Gasteiger partial charge on any atom is -0.384 e. The lowest BCUT2D eigenvalue weighted by atomic mass is 9.90. The Balaban J connectivity index is 1.92. The fraction of sp³-hybridized carbons (Fsp3) is 0.625. The van der Waals surface area contributed by atoms with E-state index < -0.39 is 5.60 Å². The van der Waals surface area contributed by atoms with Crippen LogP contribution >= 0.6 is 0 Å². The Labute approximate surface area is 122 Å². The van der Waals surface area contributed by atoms with E-state index in [-0.39, 0.29) is 6.54 Å². The van der Waals surface area contributed by atoms with Crippen LogP contribution < -0.4 is 5.73 Å². The molecule has 1 heterocycles. The monoisotopic (exact) mass is 277 g/mol. The normalized spacial score (nSPS) is 23.1. The molecule has 2 atom stereocenters. The average Bonchev–Trinajstić information content (AvgIpc) is 2.95. The second-order valence-corrected chi connectivity index (χ2v) is 6.06. The zero-order valence-electron chi connectivity index (χ0n) is 12.6. The van der Waals surface area contributed by atoms with Crippen molar-refractivity contribution in [3.8, 4) is 0 Å². The molecule has 1 saturated heterocycles. The summed E-state index contributed by atoms with van der Waals surface area (Å²) in [4.78, 5) is 4.71. The Bertz CT molecular complexity index is 409. The maximum absolute atomic E-state index is 10.8. The molecular formula is C16H27N3O. The fourth-order valence-electron chi connectivity index (χ4n) is 2.89. The summed E-state index contributed by atoms with van der Waals surface area (Å²) in [5.41, 5.74) is 5.84. The van der Waals surface area contributed by atoms with E-state index >= 15 is 0 Å². The Morgan fingerprint density at radius 2 is 2.05 bits per heavy atom. The number of rotatable bonds is 6. The van der Waals surface area contributed by atoms with Gasteiger partial charge in [0.15, 0.2) is 0 Å². The molecule has 4 nitrogen and oxygen atoms in total. The van der Waals surface area contributed by atoms with Gasteiger partial charge in [0.05, 0.1) is 0 Å². The number of aliphatic hydroxyl groups is 1. The topological polar surface area (TPSA) is 52.7 Å². The third-order valence-electron chi connectivity index (χ3n) is 4.47. The van der Waals surface area contributed by atoms with E-state index in [1.807, 2.05) is 30.3 Å². The highest BCUT2D eigenvalue weighted by atomic mass is 16.3. The van der Waals surface area contributed by atoms with Gasteiger partial charge < -0.3 is 20.6 Å². The molecule has 0 aliphatic carbocycles. The SMILES string of the molecule is CN(C)C1CCN(CCC(O)(CN)c2ccccc2)C1. The first-order valence-corrected chi connectivity index (χ1v) is 7.42. The molecule has 0 amide bonds. The summed E-state index contributed by atoms with van der Waals surface area (Å²) in [6, 6.07) is 10.4. The predicted octanol–water partition coefficient (Wildman–Crippen LogP) is 0.859. The zero-order valence-corrected chi connectivity index (χ0v) is 12.6. The molecule has 2 unspecified atom stereocenters. The summed E-state index contributed by atoms with van der Waals surface area (Å²) in [6.07, 6.45) is 1.90. The summed E-state index contributed by atoms with van der Waals surface area (Å²) in [5.74, 6) is 0. The third-order valence-corrected chi connectivity index (χ3v) is 4.47. The van der Waals surface area contributed by atoms with Crippen LogP contribution in [0.1, 0.15) is 18.4 Å². The van der Waals surface area contributed by atoms with Crippen LogP contribution in [0.15, 0.2) is 30.3 Å². The van der Waals surface area contributed by atoms with Crippen molar-refractivity contribution in [1.82, 2.24) is 9.80 Å². The Kier molecular flexibility index (Phi) is 5.16. The van der Waals surface area contributed by atoms with Crippen LogP contribution in [0.3, 0.4) is 0 Å². The van der Waals surface area contributed by atoms with E-state index in [0.717, 1.165) is 25.2 Å². The summed E-state index contributed by atoms with van der Waals surface area (Å²) in [6.45, 7) is 3.36. The quantitative estimate of drug-likeness (QED) is 0.810. The molecule has 1 aromatic carbocycles. The summed E-state index contributed by atoms with van der Waals surface area (Å²) in [5, 5.41) is 10.8. The number of hydrogen-bond donors (Lipinski definition) is 2. The number of likely N-dealkylation sites (N-methyl/N-ethyl adjacent to an activating group) is 1. The first-order valence-electron chi connectivity index (χ1n) is 7.42. The van der Waals surface area contributed by atoms with Gasteiger partial charge >= 0.3 is 0 Å². The van der Waals surface area contributed by atoms with Crippen molar-refractivity contribution in [2.24, 2.45) is 5.73 Å². The van der Waals surface area contributed by atoms with Gasteiger partial charge in [-0.25, -0.2) is 0 Å².